The minimum absolute atomic E-state index is 0.141. The summed E-state index contributed by atoms with van der Waals surface area (Å²) < 4.78 is 30.3. The molecule has 1 aromatic heterocycles. The quantitative estimate of drug-likeness (QED) is 0.860. The van der Waals surface area contributed by atoms with Gasteiger partial charge >= 0.3 is 6.01 Å². The predicted molar refractivity (Wildman–Crippen MR) is 82.4 cm³/mol. The van der Waals surface area contributed by atoms with Crippen molar-refractivity contribution in [1.82, 2.24) is 10.2 Å². The van der Waals surface area contributed by atoms with Gasteiger partial charge in [-0.05, 0) is 43.9 Å². The summed E-state index contributed by atoms with van der Waals surface area (Å²) in [5.41, 5.74) is 0.903. The number of piperidine rings is 1. The Balaban J connectivity index is 1.76. The number of benzene rings is 1. The molecule has 0 spiro atoms. The van der Waals surface area contributed by atoms with Gasteiger partial charge in [0.05, 0.1) is 4.90 Å². The average Bonchev–Trinajstić information content (AvgIpc) is 2.96. The Morgan fingerprint density at radius 2 is 1.95 bits per heavy atom. The second-order valence-corrected chi connectivity index (χ2v) is 7.59. The molecule has 0 aliphatic carbocycles. The number of hydrogen-bond donors (Lipinski definition) is 0. The summed E-state index contributed by atoms with van der Waals surface area (Å²) in [6.07, 6.45) is 3.40. The third kappa shape index (κ3) is 3.30. The molecule has 6 nitrogen and oxygen atoms in total. The van der Waals surface area contributed by atoms with Crippen molar-refractivity contribution >= 4 is 15.9 Å². The van der Waals surface area contributed by atoms with Crippen LogP contribution in [-0.2, 0) is 15.6 Å². The Morgan fingerprint density at radius 3 is 2.68 bits per heavy atom. The van der Waals surface area contributed by atoms with E-state index in [0.29, 0.717) is 6.01 Å². The second kappa shape index (κ2) is 6.08. The van der Waals surface area contributed by atoms with E-state index in [0.717, 1.165) is 31.5 Å². The van der Waals surface area contributed by atoms with E-state index >= 15 is 0 Å². The van der Waals surface area contributed by atoms with Gasteiger partial charge in [0.15, 0.2) is 9.84 Å². The molecule has 1 aliphatic heterocycles. The number of hydrogen-bond acceptors (Lipinski definition) is 6. The standard InChI is InChI=1S/C15H19N3O3S/c1-12-6-5-7-13(10-12)22(19,20)11-14-16-17-15(21-14)18-8-3-2-4-9-18/h5-7,10H,2-4,8-9,11H2,1H3. The third-order valence-corrected chi connectivity index (χ3v) is 5.34. The van der Waals surface area contributed by atoms with Crippen LogP contribution >= 0.6 is 0 Å². The van der Waals surface area contributed by atoms with Crippen LogP contribution in [0, 0.1) is 6.92 Å². The molecule has 0 N–H and O–H groups in total. The molecule has 3 rings (SSSR count). The van der Waals surface area contributed by atoms with Crippen molar-refractivity contribution in [3.8, 4) is 0 Å². The van der Waals surface area contributed by atoms with E-state index in [2.05, 4.69) is 10.2 Å². The predicted octanol–water partition coefficient (Wildman–Crippen LogP) is 2.34. The van der Waals surface area contributed by atoms with E-state index in [1.54, 1.807) is 18.2 Å². The summed E-state index contributed by atoms with van der Waals surface area (Å²) in [5.74, 6) is -0.126. The summed E-state index contributed by atoms with van der Waals surface area (Å²) in [6.45, 7) is 3.62. The maximum absolute atomic E-state index is 12.4. The molecule has 0 saturated carbocycles. The lowest BCUT2D eigenvalue weighted by molar-refractivity contribution is 0.469. The fraction of sp³-hybridized carbons (Fsp3) is 0.467. The third-order valence-electron chi connectivity index (χ3n) is 3.74. The molecule has 0 amide bonds. The first-order valence-corrected chi connectivity index (χ1v) is 9.06. The van der Waals surface area contributed by atoms with Gasteiger partial charge in [-0.3, -0.25) is 0 Å². The van der Waals surface area contributed by atoms with Crippen LogP contribution in [0.15, 0.2) is 33.6 Å². The lowest BCUT2D eigenvalue weighted by Crippen LogP contribution is -2.29. The number of anilines is 1. The van der Waals surface area contributed by atoms with E-state index in [1.807, 2.05) is 17.9 Å². The zero-order valence-electron chi connectivity index (χ0n) is 12.5. The van der Waals surface area contributed by atoms with Crippen LogP contribution < -0.4 is 4.90 Å². The minimum atomic E-state index is -3.47. The maximum Gasteiger partial charge on any atom is 0.318 e. The molecule has 7 heteroatoms. The Bertz CT molecular complexity index is 749. The molecule has 2 aromatic rings. The zero-order valence-corrected chi connectivity index (χ0v) is 13.3. The van der Waals surface area contributed by atoms with Crippen LogP contribution in [0.2, 0.25) is 0 Å². The van der Waals surface area contributed by atoms with Crippen molar-refractivity contribution in [3.63, 3.8) is 0 Å². The van der Waals surface area contributed by atoms with E-state index in [1.165, 1.54) is 6.42 Å². The molecule has 0 bridgehead atoms. The molecule has 1 aromatic carbocycles. The van der Waals surface area contributed by atoms with Crippen molar-refractivity contribution in [2.75, 3.05) is 18.0 Å². The molecule has 118 valence electrons. The molecule has 1 fully saturated rings. The molecular formula is C15H19N3O3S. The Morgan fingerprint density at radius 1 is 1.18 bits per heavy atom. The second-order valence-electron chi connectivity index (χ2n) is 5.60. The summed E-state index contributed by atoms with van der Waals surface area (Å²) in [7, 11) is -3.47. The monoisotopic (exact) mass is 321 g/mol. The highest BCUT2D eigenvalue weighted by Gasteiger charge is 2.22. The maximum atomic E-state index is 12.4. The number of sulfone groups is 1. The first kappa shape index (κ1) is 15.0. The fourth-order valence-electron chi connectivity index (χ4n) is 2.57. The Hall–Kier alpha value is -1.89. The minimum Gasteiger partial charge on any atom is -0.407 e. The first-order valence-electron chi connectivity index (χ1n) is 7.41. The molecule has 1 saturated heterocycles. The van der Waals surface area contributed by atoms with Crippen molar-refractivity contribution in [2.45, 2.75) is 36.8 Å². The van der Waals surface area contributed by atoms with Crippen molar-refractivity contribution < 1.29 is 12.8 Å². The lowest BCUT2D eigenvalue weighted by Gasteiger charge is -2.24. The van der Waals surface area contributed by atoms with Gasteiger partial charge in [0.2, 0.25) is 5.89 Å². The molecule has 0 radical (unpaired) electrons. The highest BCUT2D eigenvalue weighted by atomic mass is 32.2. The van der Waals surface area contributed by atoms with Crippen LogP contribution in [-0.4, -0.2) is 31.7 Å². The molecule has 0 atom stereocenters. The molecule has 2 heterocycles. The Labute approximate surface area is 130 Å². The molecule has 1 aliphatic rings. The number of aromatic nitrogens is 2. The van der Waals surface area contributed by atoms with Gasteiger partial charge in [0.1, 0.15) is 5.75 Å². The van der Waals surface area contributed by atoms with E-state index < -0.39 is 9.84 Å². The topological polar surface area (TPSA) is 76.3 Å². The van der Waals surface area contributed by atoms with E-state index in [4.69, 9.17) is 4.42 Å². The SMILES string of the molecule is Cc1cccc(S(=O)(=O)Cc2nnc(N3CCCCC3)o2)c1. The smallest absolute Gasteiger partial charge is 0.318 e. The molecule has 0 unspecified atom stereocenters. The summed E-state index contributed by atoms with van der Waals surface area (Å²) >= 11 is 0. The van der Waals surface area contributed by atoms with Gasteiger partial charge in [-0.2, -0.15) is 0 Å². The fourth-order valence-corrected chi connectivity index (χ4v) is 3.83. The number of nitrogens with zero attached hydrogens (tertiary/aromatic N) is 3. The average molecular weight is 321 g/mol. The number of aryl methyl sites for hydroxylation is 1. The van der Waals surface area contributed by atoms with Crippen LogP contribution in [0.25, 0.3) is 0 Å². The number of rotatable bonds is 4. The van der Waals surface area contributed by atoms with Crippen LogP contribution in [0.1, 0.15) is 30.7 Å². The van der Waals surface area contributed by atoms with Crippen molar-refractivity contribution in [1.29, 1.82) is 0 Å². The van der Waals surface area contributed by atoms with Gasteiger partial charge < -0.3 is 9.32 Å². The lowest BCUT2D eigenvalue weighted by atomic mass is 10.1. The summed E-state index contributed by atoms with van der Waals surface area (Å²) in [6, 6.07) is 7.26. The Kier molecular flexibility index (Phi) is 4.15. The van der Waals surface area contributed by atoms with Gasteiger partial charge in [0.25, 0.3) is 0 Å². The zero-order chi connectivity index (χ0) is 15.6. The summed E-state index contributed by atoms with van der Waals surface area (Å²) in [4.78, 5) is 2.30. The van der Waals surface area contributed by atoms with Crippen LogP contribution in [0.3, 0.4) is 0 Å². The normalized spacial score (nSPS) is 16.0. The van der Waals surface area contributed by atoms with Gasteiger partial charge in [-0.25, -0.2) is 8.42 Å². The summed E-state index contributed by atoms with van der Waals surface area (Å²) in [5, 5.41) is 7.87. The first-order chi connectivity index (χ1) is 10.5. The van der Waals surface area contributed by atoms with E-state index in [9.17, 15) is 8.42 Å². The highest BCUT2D eigenvalue weighted by molar-refractivity contribution is 7.90. The highest BCUT2D eigenvalue weighted by Crippen LogP contribution is 2.21. The largest absolute Gasteiger partial charge is 0.407 e. The molecule has 22 heavy (non-hydrogen) atoms. The van der Waals surface area contributed by atoms with Gasteiger partial charge in [-0.15, -0.1) is 5.10 Å². The van der Waals surface area contributed by atoms with Gasteiger partial charge in [0, 0.05) is 13.1 Å². The van der Waals surface area contributed by atoms with Crippen molar-refractivity contribution in [2.24, 2.45) is 0 Å². The van der Waals surface area contributed by atoms with Crippen LogP contribution in [0.5, 0.6) is 0 Å². The van der Waals surface area contributed by atoms with Gasteiger partial charge in [-0.1, -0.05) is 17.2 Å². The molecular weight excluding hydrogens is 302 g/mol. The van der Waals surface area contributed by atoms with Crippen LogP contribution in [0.4, 0.5) is 6.01 Å². The van der Waals surface area contributed by atoms with Crippen molar-refractivity contribution in [3.05, 3.63) is 35.7 Å². The van der Waals surface area contributed by atoms with E-state index in [-0.39, 0.29) is 16.5 Å².